The number of ether oxygens (including phenoxy) is 1. The Kier molecular flexibility index (Phi) is 6.00. The van der Waals surface area contributed by atoms with Gasteiger partial charge in [0, 0.05) is 10.6 Å². The maximum absolute atomic E-state index is 12.9. The smallest absolute Gasteiger partial charge is 0.341 e. The van der Waals surface area contributed by atoms with Gasteiger partial charge in [-0.25, -0.2) is 4.79 Å². The fourth-order valence-electron chi connectivity index (χ4n) is 3.88. The van der Waals surface area contributed by atoms with E-state index in [2.05, 4.69) is 10.4 Å². The van der Waals surface area contributed by atoms with E-state index >= 15 is 0 Å². The summed E-state index contributed by atoms with van der Waals surface area (Å²) < 4.78 is 13.1. The van der Waals surface area contributed by atoms with E-state index in [1.165, 1.54) is 11.3 Å². The number of nitrogens with one attached hydrogen (secondary N) is 1. The van der Waals surface area contributed by atoms with Crippen LogP contribution in [0.2, 0.25) is 0 Å². The normalized spacial score (nSPS) is 13.3. The minimum Gasteiger partial charge on any atom is -0.459 e. The van der Waals surface area contributed by atoms with E-state index in [1.807, 2.05) is 38.4 Å². The van der Waals surface area contributed by atoms with Gasteiger partial charge in [-0.1, -0.05) is 0 Å². The topological polar surface area (TPSA) is 86.4 Å². The number of thiophene rings is 1. The van der Waals surface area contributed by atoms with Crippen LogP contribution >= 0.6 is 11.3 Å². The summed E-state index contributed by atoms with van der Waals surface area (Å²) in [5.41, 5.74) is 3.47. The van der Waals surface area contributed by atoms with Crippen LogP contribution in [0.1, 0.15) is 75.2 Å². The van der Waals surface area contributed by atoms with Gasteiger partial charge < -0.3 is 14.5 Å². The van der Waals surface area contributed by atoms with Crippen LogP contribution in [0.4, 0.5) is 5.00 Å². The van der Waals surface area contributed by atoms with Gasteiger partial charge >= 0.3 is 5.97 Å². The lowest BCUT2D eigenvalue weighted by molar-refractivity contribution is 0.0378. The Balaban J connectivity index is 1.55. The molecule has 0 aliphatic heterocycles. The van der Waals surface area contributed by atoms with Crippen molar-refractivity contribution in [1.82, 2.24) is 9.78 Å². The zero-order valence-corrected chi connectivity index (χ0v) is 19.1. The van der Waals surface area contributed by atoms with Crippen LogP contribution in [0, 0.1) is 13.8 Å². The second kappa shape index (κ2) is 8.70. The fourth-order valence-corrected chi connectivity index (χ4v) is 5.15. The van der Waals surface area contributed by atoms with Gasteiger partial charge in [0.2, 0.25) is 0 Å². The molecule has 7 nitrogen and oxygen atoms in total. The number of anilines is 1. The molecule has 1 amide bonds. The maximum atomic E-state index is 12.9. The molecule has 3 aromatic rings. The number of fused-ring (bicyclic) bond motifs is 1. The highest BCUT2D eigenvalue weighted by Crippen LogP contribution is 2.39. The molecule has 1 N–H and O–H groups in total. The molecule has 0 saturated heterocycles. The lowest BCUT2D eigenvalue weighted by Crippen LogP contribution is -2.17. The van der Waals surface area contributed by atoms with Crippen LogP contribution in [-0.4, -0.2) is 27.8 Å². The van der Waals surface area contributed by atoms with Crippen molar-refractivity contribution >= 4 is 28.2 Å². The van der Waals surface area contributed by atoms with E-state index in [-0.39, 0.29) is 23.7 Å². The average Bonchev–Trinajstić information content (AvgIpc) is 3.38. The van der Waals surface area contributed by atoms with Gasteiger partial charge in [0.25, 0.3) is 5.91 Å². The monoisotopic (exact) mass is 441 g/mol. The molecule has 4 rings (SSSR count). The Morgan fingerprint density at radius 3 is 2.74 bits per heavy atom. The molecule has 3 aromatic heterocycles. The Morgan fingerprint density at radius 2 is 2.03 bits per heavy atom. The first-order valence-corrected chi connectivity index (χ1v) is 11.4. The van der Waals surface area contributed by atoms with Gasteiger partial charge in [0.1, 0.15) is 10.8 Å². The van der Waals surface area contributed by atoms with Crippen LogP contribution in [0.5, 0.6) is 0 Å². The predicted octanol–water partition coefficient (Wildman–Crippen LogP) is 4.90. The van der Waals surface area contributed by atoms with Crippen molar-refractivity contribution in [2.75, 3.05) is 5.32 Å². The predicted molar refractivity (Wildman–Crippen MR) is 119 cm³/mol. The largest absolute Gasteiger partial charge is 0.459 e. The number of carbonyl (C=O) groups excluding carboxylic acids is 2. The van der Waals surface area contributed by atoms with E-state index in [9.17, 15) is 9.59 Å². The molecule has 0 bridgehead atoms. The molecule has 8 heteroatoms. The number of furan rings is 1. The van der Waals surface area contributed by atoms with Crippen molar-refractivity contribution < 1.29 is 18.7 Å². The molecule has 0 unspecified atom stereocenters. The number of aryl methyl sites for hydroxylation is 3. The minimum absolute atomic E-state index is 0.200. The van der Waals surface area contributed by atoms with Crippen LogP contribution < -0.4 is 5.32 Å². The number of esters is 1. The summed E-state index contributed by atoms with van der Waals surface area (Å²) in [5.74, 6) is 0.0820. The summed E-state index contributed by atoms with van der Waals surface area (Å²) in [6.07, 6.45) is 3.65. The van der Waals surface area contributed by atoms with Crippen LogP contribution in [0.15, 0.2) is 22.6 Å². The quantitative estimate of drug-likeness (QED) is 0.550. The first-order chi connectivity index (χ1) is 14.8. The van der Waals surface area contributed by atoms with Crippen LogP contribution in [0.3, 0.4) is 0 Å². The summed E-state index contributed by atoms with van der Waals surface area (Å²) >= 11 is 1.47. The number of hydrogen-bond donors (Lipinski definition) is 1. The van der Waals surface area contributed by atoms with Gasteiger partial charge in [0.15, 0.2) is 5.76 Å². The number of rotatable bonds is 6. The van der Waals surface area contributed by atoms with Gasteiger partial charge in [0.05, 0.1) is 23.9 Å². The summed E-state index contributed by atoms with van der Waals surface area (Å²) in [4.78, 5) is 26.8. The summed E-state index contributed by atoms with van der Waals surface area (Å²) in [6, 6.07) is 5.42. The molecular weight excluding hydrogens is 414 g/mol. The van der Waals surface area contributed by atoms with Crippen molar-refractivity contribution in [2.24, 2.45) is 0 Å². The molecule has 0 saturated carbocycles. The lowest BCUT2D eigenvalue weighted by atomic mass is 9.95. The third kappa shape index (κ3) is 4.58. The van der Waals surface area contributed by atoms with Crippen molar-refractivity contribution in [3.63, 3.8) is 0 Å². The molecule has 0 aromatic carbocycles. The van der Waals surface area contributed by atoms with E-state index in [1.54, 1.807) is 12.1 Å². The van der Waals surface area contributed by atoms with Crippen molar-refractivity contribution in [3.8, 4) is 0 Å². The Labute approximate surface area is 185 Å². The standard InChI is InChI=1S/C23H27N3O4S/c1-13(2)29-23(28)20-17-7-5-6-8-19(17)31-22(20)24-21(27)18-10-9-16(30-18)12-26-15(4)11-14(3)25-26/h9-11,13H,5-8,12H2,1-4H3,(H,24,27). The summed E-state index contributed by atoms with van der Waals surface area (Å²) in [6.45, 7) is 8.01. The third-order valence-corrected chi connectivity index (χ3v) is 6.45. The van der Waals surface area contributed by atoms with Gasteiger partial charge in [-0.2, -0.15) is 5.10 Å². The number of amides is 1. The highest BCUT2D eigenvalue weighted by Gasteiger charge is 2.28. The first-order valence-electron chi connectivity index (χ1n) is 10.6. The number of hydrogen-bond acceptors (Lipinski definition) is 6. The number of carbonyl (C=O) groups is 2. The fraction of sp³-hybridized carbons (Fsp3) is 0.435. The Hall–Kier alpha value is -2.87. The lowest BCUT2D eigenvalue weighted by Gasteiger charge is -2.14. The second-order valence-electron chi connectivity index (χ2n) is 8.17. The minimum atomic E-state index is -0.380. The highest BCUT2D eigenvalue weighted by molar-refractivity contribution is 7.17. The molecule has 0 atom stereocenters. The van der Waals surface area contributed by atoms with E-state index in [0.29, 0.717) is 22.9 Å². The van der Waals surface area contributed by atoms with E-state index in [4.69, 9.17) is 9.15 Å². The molecule has 1 aliphatic carbocycles. The molecule has 3 heterocycles. The van der Waals surface area contributed by atoms with Crippen molar-refractivity contribution in [1.29, 1.82) is 0 Å². The Bertz CT molecular complexity index is 1120. The molecule has 164 valence electrons. The zero-order valence-electron chi connectivity index (χ0n) is 18.3. The molecular formula is C23H27N3O4S. The average molecular weight is 442 g/mol. The van der Waals surface area contributed by atoms with Gasteiger partial charge in [-0.05, 0) is 77.1 Å². The second-order valence-corrected chi connectivity index (χ2v) is 9.28. The van der Waals surface area contributed by atoms with E-state index in [0.717, 1.165) is 47.5 Å². The third-order valence-electron chi connectivity index (χ3n) is 5.24. The summed E-state index contributed by atoms with van der Waals surface area (Å²) in [7, 11) is 0. The molecule has 1 aliphatic rings. The molecule has 0 spiro atoms. The maximum Gasteiger partial charge on any atom is 0.341 e. The highest BCUT2D eigenvalue weighted by atomic mass is 32.1. The van der Waals surface area contributed by atoms with Crippen molar-refractivity contribution in [2.45, 2.75) is 66.0 Å². The van der Waals surface area contributed by atoms with Crippen LogP contribution in [0.25, 0.3) is 0 Å². The SMILES string of the molecule is Cc1cc(C)n(Cc2ccc(C(=O)Nc3sc4c(c3C(=O)OC(C)C)CCCC4)o2)n1. The Morgan fingerprint density at radius 1 is 1.26 bits per heavy atom. The molecule has 31 heavy (non-hydrogen) atoms. The molecule has 0 radical (unpaired) electrons. The molecule has 0 fully saturated rings. The number of nitrogens with zero attached hydrogens (tertiary/aromatic N) is 2. The first kappa shape index (κ1) is 21.4. The van der Waals surface area contributed by atoms with Gasteiger partial charge in [-0.3, -0.25) is 9.48 Å². The van der Waals surface area contributed by atoms with Crippen molar-refractivity contribution in [3.05, 3.63) is 57.1 Å². The van der Waals surface area contributed by atoms with Gasteiger partial charge in [-0.15, -0.1) is 11.3 Å². The summed E-state index contributed by atoms with van der Waals surface area (Å²) in [5, 5.41) is 7.86. The zero-order chi connectivity index (χ0) is 22.1. The number of aromatic nitrogens is 2. The van der Waals surface area contributed by atoms with Crippen LogP contribution in [-0.2, 0) is 24.1 Å². The van der Waals surface area contributed by atoms with E-state index < -0.39 is 0 Å².